The van der Waals surface area contributed by atoms with Crippen LogP contribution in [-0.4, -0.2) is 36.3 Å². The number of urea groups is 1. The second kappa shape index (κ2) is 8.08. The van der Waals surface area contributed by atoms with E-state index in [4.69, 9.17) is 0 Å². The van der Waals surface area contributed by atoms with Crippen LogP contribution in [0.15, 0.2) is 29.2 Å². The number of hydrogen-bond donors (Lipinski definition) is 3. The molecule has 1 aliphatic heterocycles. The number of aryl methyl sites for hydroxylation is 1. The molecule has 6 heteroatoms. The van der Waals surface area contributed by atoms with Gasteiger partial charge in [0.1, 0.15) is 6.04 Å². The van der Waals surface area contributed by atoms with Gasteiger partial charge in [0.15, 0.2) is 0 Å². The fourth-order valence-electron chi connectivity index (χ4n) is 2.23. The molecule has 22 heavy (non-hydrogen) atoms. The molecule has 1 saturated heterocycles. The number of benzene rings is 1. The van der Waals surface area contributed by atoms with Gasteiger partial charge in [0, 0.05) is 23.2 Å². The Balaban J connectivity index is 1.71. The van der Waals surface area contributed by atoms with Gasteiger partial charge in [-0.1, -0.05) is 17.7 Å². The quantitative estimate of drug-likeness (QED) is 0.727. The zero-order valence-corrected chi connectivity index (χ0v) is 13.8. The second-order valence-electron chi connectivity index (χ2n) is 5.63. The van der Waals surface area contributed by atoms with E-state index >= 15 is 0 Å². The Kier molecular flexibility index (Phi) is 6.12. The molecule has 0 aromatic heterocycles. The summed E-state index contributed by atoms with van der Waals surface area (Å²) >= 11 is 1.70. The van der Waals surface area contributed by atoms with Crippen molar-refractivity contribution in [1.82, 2.24) is 16.0 Å². The van der Waals surface area contributed by atoms with Gasteiger partial charge >= 0.3 is 6.03 Å². The van der Waals surface area contributed by atoms with Crippen molar-refractivity contribution in [3.05, 3.63) is 29.8 Å². The lowest BCUT2D eigenvalue weighted by atomic mass is 10.1. The van der Waals surface area contributed by atoms with Crippen molar-refractivity contribution in [3.63, 3.8) is 0 Å². The molecule has 1 aromatic carbocycles. The van der Waals surface area contributed by atoms with Gasteiger partial charge in [-0.05, 0) is 38.8 Å². The van der Waals surface area contributed by atoms with Crippen molar-refractivity contribution in [3.8, 4) is 0 Å². The van der Waals surface area contributed by atoms with E-state index in [0.29, 0.717) is 13.0 Å². The lowest BCUT2D eigenvalue weighted by Gasteiger charge is -2.24. The smallest absolute Gasteiger partial charge is 0.315 e. The van der Waals surface area contributed by atoms with E-state index in [1.807, 2.05) is 6.92 Å². The van der Waals surface area contributed by atoms with E-state index in [1.165, 1.54) is 10.5 Å². The molecule has 5 nitrogen and oxygen atoms in total. The molecule has 1 aliphatic rings. The number of carbonyl (C=O) groups is 2. The van der Waals surface area contributed by atoms with Gasteiger partial charge in [-0.15, -0.1) is 11.8 Å². The summed E-state index contributed by atoms with van der Waals surface area (Å²) in [6.07, 6.45) is 1.60. The third-order valence-electron chi connectivity index (χ3n) is 3.49. The SMILES string of the molecule is Cc1ccc(SC[C@@H](C)NC(=O)N[C@@H]2CCCNC2=O)cc1. The van der Waals surface area contributed by atoms with E-state index in [9.17, 15) is 9.59 Å². The van der Waals surface area contributed by atoms with Crippen LogP contribution >= 0.6 is 11.8 Å². The zero-order chi connectivity index (χ0) is 15.9. The lowest BCUT2D eigenvalue weighted by Crippen LogP contribution is -2.54. The average Bonchev–Trinajstić information content (AvgIpc) is 2.49. The van der Waals surface area contributed by atoms with E-state index in [1.54, 1.807) is 11.8 Å². The number of piperidine rings is 1. The first kappa shape index (κ1) is 16.7. The van der Waals surface area contributed by atoms with Crippen molar-refractivity contribution >= 4 is 23.7 Å². The highest BCUT2D eigenvalue weighted by atomic mass is 32.2. The predicted octanol–water partition coefficient (Wildman–Crippen LogP) is 2.05. The van der Waals surface area contributed by atoms with Gasteiger partial charge in [0.05, 0.1) is 0 Å². The molecule has 1 heterocycles. The van der Waals surface area contributed by atoms with Crippen LogP contribution in [0.4, 0.5) is 4.79 Å². The third-order valence-corrected chi connectivity index (χ3v) is 4.76. The Morgan fingerprint density at radius 2 is 2.14 bits per heavy atom. The molecule has 0 bridgehead atoms. The number of rotatable bonds is 5. The molecule has 2 rings (SSSR count). The summed E-state index contributed by atoms with van der Waals surface area (Å²) in [5, 5.41) is 8.37. The number of hydrogen-bond acceptors (Lipinski definition) is 3. The molecule has 1 fully saturated rings. The maximum absolute atomic E-state index is 11.9. The average molecular weight is 321 g/mol. The standard InChI is InChI=1S/C16H23N3O2S/c1-11-5-7-13(8-6-11)22-10-12(2)18-16(21)19-14-4-3-9-17-15(14)20/h5-8,12,14H,3-4,9-10H2,1-2H3,(H,17,20)(H2,18,19,21)/t12-,14-/m1/s1. The molecule has 0 spiro atoms. The molecular formula is C16H23N3O2S. The first-order chi connectivity index (χ1) is 10.5. The summed E-state index contributed by atoms with van der Waals surface area (Å²) in [5.41, 5.74) is 1.24. The van der Waals surface area contributed by atoms with E-state index in [-0.39, 0.29) is 18.0 Å². The summed E-state index contributed by atoms with van der Waals surface area (Å²) in [4.78, 5) is 24.7. The molecule has 1 aromatic rings. The van der Waals surface area contributed by atoms with Gasteiger partial charge < -0.3 is 16.0 Å². The highest BCUT2D eigenvalue weighted by Gasteiger charge is 2.23. The largest absolute Gasteiger partial charge is 0.354 e. The minimum Gasteiger partial charge on any atom is -0.354 e. The summed E-state index contributed by atoms with van der Waals surface area (Å²) in [6.45, 7) is 4.72. The molecular weight excluding hydrogens is 298 g/mol. The van der Waals surface area contributed by atoms with Gasteiger partial charge in [-0.3, -0.25) is 4.79 Å². The molecule has 0 saturated carbocycles. The van der Waals surface area contributed by atoms with Gasteiger partial charge in [-0.2, -0.15) is 0 Å². The molecule has 0 aliphatic carbocycles. The normalized spacial score (nSPS) is 19.2. The zero-order valence-electron chi connectivity index (χ0n) is 13.0. The topological polar surface area (TPSA) is 70.2 Å². The molecule has 0 unspecified atom stereocenters. The predicted molar refractivity (Wildman–Crippen MR) is 89.1 cm³/mol. The molecule has 3 N–H and O–H groups in total. The fraction of sp³-hybridized carbons (Fsp3) is 0.500. The van der Waals surface area contributed by atoms with Gasteiger partial charge in [-0.25, -0.2) is 4.79 Å². The lowest BCUT2D eigenvalue weighted by molar-refractivity contribution is -0.124. The second-order valence-corrected chi connectivity index (χ2v) is 6.72. The Hall–Kier alpha value is -1.69. The van der Waals surface area contributed by atoms with Crippen LogP contribution < -0.4 is 16.0 Å². The Labute approximate surface area is 135 Å². The van der Waals surface area contributed by atoms with Crippen molar-refractivity contribution < 1.29 is 9.59 Å². The highest BCUT2D eigenvalue weighted by Crippen LogP contribution is 2.19. The molecule has 120 valence electrons. The maximum atomic E-state index is 11.9. The van der Waals surface area contributed by atoms with Crippen molar-refractivity contribution in [2.75, 3.05) is 12.3 Å². The fourth-order valence-corrected chi connectivity index (χ4v) is 3.09. The Morgan fingerprint density at radius 1 is 1.41 bits per heavy atom. The Bertz CT molecular complexity index is 519. The summed E-state index contributed by atoms with van der Waals surface area (Å²) in [7, 11) is 0. The van der Waals surface area contributed by atoms with Crippen molar-refractivity contribution in [2.24, 2.45) is 0 Å². The highest BCUT2D eigenvalue weighted by molar-refractivity contribution is 7.99. The van der Waals surface area contributed by atoms with Crippen LogP contribution in [0.5, 0.6) is 0 Å². The summed E-state index contributed by atoms with van der Waals surface area (Å²) in [5.74, 6) is 0.691. The van der Waals surface area contributed by atoms with Crippen LogP contribution in [0.3, 0.4) is 0 Å². The first-order valence-electron chi connectivity index (χ1n) is 7.59. The number of amides is 3. The molecule has 0 radical (unpaired) electrons. The van der Waals surface area contributed by atoms with Gasteiger partial charge in [0.25, 0.3) is 0 Å². The van der Waals surface area contributed by atoms with Crippen molar-refractivity contribution in [1.29, 1.82) is 0 Å². The Morgan fingerprint density at radius 3 is 2.82 bits per heavy atom. The number of nitrogens with one attached hydrogen (secondary N) is 3. The van der Waals surface area contributed by atoms with E-state index in [2.05, 4.69) is 47.1 Å². The minimum absolute atomic E-state index is 0.0259. The van der Waals surface area contributed by atoms with Crippen LogP contribution in [0, 0.1) is 6.92 Å². The summed E-state index contributed by atoms with van der Waals surface area (Å²) in [6, 6.07) is 7.66. The number of carbonyl (C=O) groups excluding carboxylic acids is 2. The first-order valence-corrected chi connectivity index (χ1v) is 8.57. The van der Waals surface area contributed by atoms with Crippen LogP contribution in [0.2, 0.25) is 0 Å². The monoisotopic (exact) mass is 321 g/mol. The summed E-state index contributed by atoms with van der Waals surface area (Å²) < 4.78 is 0. The van der Waals surface area contributed by atoms with E-state index < -0.39 is 6.04 Å². The minimum atomic E-state index is -0.411. The third kappa shape index (κ3) is 5.26. The van der Waals surface area contributed by atoms with Crippen LogP contribution in [-0.2, 0) is 4.79 Å². The van der Waals surface area contributed by atoms with Crippen LogP contribution in [0.1, 0.15) is 25.3 Å². The maximum Gasteiger partial charge on any atom is 0.315 e. The number of thioether (sulfide) groups is 1. The van der Waals surface area contributed by atoms with Crippen LogP contribution in [0.25, 0.3) is 0 Å². The molecule has 3 amide bonds. The van der Waals surface area contributed by atoms with E-state index in [0.717, 1.165) is 12.2 Å². The van der Waals surface area contributed by atoms with Crippen molar-refractivity contribution in [2.45, 2.75) is 43.7 Å². The molecule has 2 atom stereocenters. The van der Waals surface area contributed by atoms with Gasteiger partial charge in [0.2, 0.25) is 5.91 Å².